The van der Waals surface area contributed by atoms with Crippen LogP contribution in [0.25, 0.3) is 0 Å². The van der Waals surface area contributed by atoms with Crippen LogP contribution in [0, 0.1) is 0 Å². The van der Waals surface area contributed by atoms with Crippen LogP contribution in [0.3, 0.4) is 0 Å². The number of aliphatic carboxylic acids is 2. The number of halogens is 3. The molecule has 0 aromatic carbocycles. The number of carboxylic acids is 2. The number of alkyl halides is 3. The van der Waals surface area contributed by atoms with E-state index in [9.17, 15) is 22.8 Å². The average molecular weight is 300 g/mol. The fourth-order valence-corrected chi connectivity index (χ4v) is 1.41. The number of nitrogens with zero attached hydrogens (tertiary/aromatic N) is 2. The van der Waals surface area contributed by atoms with Crippen LogP contribution in [0.4, 0.5) is 13.2 Å². The molecule has 1 amide bonds. The number of rotatable bonds is 2. The molecule has 1 rings (SSSR count). The SMILES string of the molecule is CC(=O)N1CCN(CC(=O)O)CC1.O=C(O)C(F)(F)F. The van der Waals surface area contributed by atoms with Gasteiger partial charge in [-0.15, -0.1) is 0 Å². The molecule has 0 saturated carbocycles. The molecule has 1 heterocycles. The maximum Gasteiger partial charge on any atom is 0.490 e. The molecular formula is C10H15F3N2O5. The van der Waals surface area contributed by atoms with Gasteiger partial charge >= 0.3 is 18.1 Å². The molecule has 0 radical (unpaired) electrons. The van der Waals surface area contributed by atoms with E-state index in [2.05, 4.69) is 0 Å². The highest BCUT2D eigenvalue weighted by molar-refractivity contribution is 5.73. The Hall–Kier alpha value is -1.84. The van der Waals surface area contributed by atoms with Crippen molar-refractivity contribution in [1.29, 1.82) is 0 Å². The van der Waals surface area contributed by atoms with Gasteiger partial charge in [0.2, 0.25) is 5.91 Å². The lowest BCUT2D eigenvalue weighted by Crippen LogP contribution is -2.49. The van der Waals surface area contributed by atoms with Crippen molar-refractivity contribution in [2.24, 2.45) is 0 Å². The van der Waals surface area contributed by atoms with Gasteiger partial charge in [0, 0.05) is 33.1 Å². The molecule has 10 heteroatoms. The van der Waals surface area contributed by atoms with Crippen molar-refractivity contribution in [1.82, 2.24) is 9.80 Å². The van der Waals surface area contributed by atoms with Gasteiger partial charge in [-0.1, -0.05) is 0 Å². The van der Waals surface area contributed by atoms with E-state index in [0.717, 1.165) is 0 Å². The number of piperazine rings is 1. The molecule has 7 nitrogen and oxygen atoms in total. The highest BCUT2D eigenvalue weighted by Crippen LogP contribution is 2.13. The Kier molecular flexibility index (Phi) is 6.97. The Morgan fingerprint density at radius 2 is 1.45 bits per heavy atom. The van der Waals surface area contributed by atoms with Gasteiger partial charge in [0.25, 0.3) is 0 Å². The third-order valence-corrected chi connectivity index (χ3v) is 2.42. The monoisotopic (exact) mass is 300 g/mol. The van der Waals surface area contributed by atoms with E-state index in [0.29, 0.717) is 26.2 Å². The summed E-state index contributed by atoms with van der Waals surface area (Å²) >= 11 is 0. The van der Waals surface area contributed by atoms with Gasteiger partial charge in [-0.05, 0) is 0 Å². The van der Waals surface area contributed by atoms with Crippen LogP contribution < -0.4 is 0 Å². The molecular weight excluding hydrogens is 285 g/mol. The molecule has 0 unspecified atom stereocenters. The summed E-state index contributed by atoms with van der Waals surface area (Å²) in [6, 6.07) is 0. The summed E-state index contributed by atoms with van der Waals surface area (Å²) in [5.74, 6) is -3.50. The highest BCUT2D eigenvalue weighted by atomic mass is 19.4. The zero-order valence-corrected chi connectivity index (χ0v) is 10.7. The molecule has 0 spiro atoms. The number of carbonyl (C=O) groups excluding carboxylic acids is 1. The zero-order valence-electron chi connectivity index (χ0n) is 10.7. The van der Waals surface area contributed by atoms with Crippen LogP contribution >= 0.6 is 0 Å². The Bertz CT molecular complexity index is 364. The van der Waals surface area contributed by atoms with Gasteiger partial charge in [-0.25, -0.2) is 4.79 Å². The first-order valence-electron chi connectivity index (χ1n) is 5.53. The van der Waals surface area contributed by atoms with Crippen molar-refractivity contribution in [2.75, 3.05) is 32.7 Å². The first-order chi connectivity index (χ1) is 9.04. The summed E-state index contributed by atoms with van der Waals surface area (Å²) in [6.07, 6.45) is -5.08. The van der Waals surface area contributed by atoms with Crippen LogP contribution in [-0.2, 0) is 14.4 Å². The molecule has 1 fully saturated rings. The zero-order chi connectivity index (χ0) is 15.9. The molecule has 0 atom stereocenters. The number of hydrogen-bond acceptors (Lipinski definition) is 4. The Balaban J connectivity index is 0.000000441. The topological polar surface area (TPSA) is 98.2 Å². The maximum atomic E-state index is 10.9. The normalized spacial score (nSPS) is 16.1. The van der Waals surface area contributed by atoms with Crippen LogP contribution in [0.15, 0.2) is 0 Å². The summed E-state index contributed by atoms with van der Waals surface area (Å²) in [6.45, 7) is 4.21. The third kappa shape index (κ3) is 7.56. The molecule has 20 heavy (non-hydrogen) atoms. The number of amides is 1. The maximum absolute atomic E-state index is 10.9. The molecule has 116 valence electrons. The number of carbonyl (C=O) groups is 3. The lowest BCUT2D eigenvalue weighted by Gasteiger charge is -2.33. The van der Waals surface area contributed by atoms with E-state index in [1.165, 1.54) is 6.92 Å². The average Bonchev–Trinajstić information content (AvgIpc) is 2.28. The van der Waals surface area contributed by atoms with E-state index in [4.69, 9.17) is 15.0 Å². The molecule has 1 aliphatic rings. The molecule has 1 aliphatic heterocycles. The van der Waals surface area contributed by atoms with E-state index < -0.39 is 18.1 Å². The first kappa shape index (κ1) is 18.2. The standard InChI is InChI=1S/C8H14N2O3.C2HF3O2/c1-7(11)10-4-2-9(3-5-10)6-8(12)13;3-2(4,5)1(6)7/h2-6H2,1H3,(H,12,13);(H,6,7). The second kappa shape index (κ2) is 7.68. The molecule has 2 N–H and O–H groups in total. The van der Waals surface area contributed by atoms with Gasteiger partial charge in [0.1, 0.15) is 0 Å². The smallest absolute Gasteiger partial charge is 0.480 e. The number of hydrogen-bond donors (Lipinski definition) is 2. The Labute approximate surface area is 112 Å². The second-order valence-corrected chi connectivity index (χ2v) is 3.98. The van der Waals surface area contributed by atoms with Gasteiger partial charge in [0.15, 0.2) is 0 Å². The van der Waals surface area contributed by atoms with Crippen LogP contribution in [0.2, 0.25) is 0 Å². The first-order valence-corrected chi connectivity index (χ1v) is 5.53. The van der Waals surface area contributed by atoms with Gasteiger partial charge in [-0.2, -0.15) is 13.2 Å². The van der Waals surface area contributed by atoms with E-state index in [1.54, 1.807) is 4.90 Å². The lowest BCUT2D eigenvalue weighted by atomic mass is 10.3. The van der Waals surface area contributed by atoms with Crippen molar-refractivity contribution in [2.45, 2.75) is 13.1 Å². The summed E-state index contributed by atoms with van der Waals surface area (Å²) in [7, 11) is 0. The second-order valence-electron chi connectivity index (χ2n) is 3.98. The largest absolute Gasteiger partial charge is 0.490 e. The Morgan fingerprint density at radius 3 is 1.70 bits per heavy atom. The highest BCUT2D eigenvalue weighted by Gasteiger charge is 2.38. The van der Waals surface area contributed by atoms with Crippen molar-refractivity contribution in [3.05, 3.63) is 0 Å². The van der Waals surface area contributed by atoms with Crippen LogP contribution in [0.5, 0.6) is 0 Å². The van der Waals surface area contributed by atoms with Crippen molar-refractivity contribution in [3.63, 3.8) is 0 Å². The summed E-state index contributed by atoms with van der Waals surface area (Å²) in [4.78, 5) is 33.7. The minimum atomic E-state index is -5.08. The van der Waals surface area contributed by atoms with E-state index >= 15 is 0 Å². The van der Waals surface area contributed by atoms with Gasteiger partial charge < -0.3 is 15.1 Å². The van der Waals surface area contributed by atoms with Crippen molar-refractivity contribution in [3.8, 4) is 0 Å². The predicted octanol–water partition coefficient (Wildman–Crippen LogP) is -0.132. The number of carboxylic acid groups (broad SMARTS) is 2. The fraction of sp³-hybridized carbons (Fsp3) is 0.700. The van der Waals surface area contributed by atoms with Gasteiger partial charge in [0.05, 0.1) is 6.54 Å². The van der Waals surface area contributed by atoms with Crippen LogP contribution in [-0.4, -0.2) is 76.8 Å². The molecule has 1 saturated heterocycles. The van der Waals surface area contributed by atoms with Crippen molar-refractivity contribution < 1.29 is 37.8 Å². The Morgan fingerprint density at radius 1 is 1.05 bits per heavy atom. The van der Waals surface area contributed by atoms with Crippen LogP contribution in [0.1, 0.15) is 6.92 Å². The molecule has 0 aromatic rings. The lowest BCUT2D eigenvalue weighted by molar-refractivity contribution is -0.192. The fourth-order valence-electron chi connectivity index (χ4n) is 1.41. The van der Waals surface area contributed by atoms with Gasteiger partial charge in [-0.3, -0.25) is 14.5 Å². The minimum Gasteiger partial charge on any atom is -0.480 e. The van der Waals surface area contributed by atoms with Crippen molar-refractivity contribution >= 4 is 17.8 Å². The third-order valence-electron chi connectivity index (χ3n) is 2.42. The van der Waals surface area contributed by atoms with E-state index in [-0.39, 0.29) is 12.5 Å². The summed E-state index contributed by atoms with van der Waals surface area (Å²) in [5, 5.41) is 15.6. The minimum absolute atomic E-state index is 0.0648. The van der Waals surface area contributed by atoms with E-state index in [1.807, 2.05) is 4.90 Å². The quantitative estimate of drug-likeness (QED) is 0.737. The molecule has 0 bridgehead atoms. The predicted molar refractivity (Wildman–Crippen MR) is 60.0 cm³/mol. The summed E-state index contributed by atoms with van der Waals surface area (Å²) in [5.41, 5.74) is 0. The summed E-state index contributed by atoms with van der Waals surface area (Å²) < 4.78 is 31.7. The molecule has 0 aliphatic carbocycles. The molecule has 0 aromatic heterocycles.